The van der Waals surface area contributed by atoms with Crippen LogP contribution in [-0.4, -0.2) is 34.3 Å². The number of aliphatic hydroxyl groups is 2. The van der Waals surface area contributed by atoms with Gasteiger partial charge in [0.2, 0.25) is 0 Å². The molecule has 0 heterocycles. The Kier molecular flexibility index (Phi) is 7.19. The van der Waals surface area contributed by atoms with Crippen molar-refractivity contribution in [3.05, 3.63) is 0 Å². The number of halogens is 6. The molecular formula is C15H24F6O2. The van der Waals surface area contributed by atoms with Crippen LogP contribution in [-0.2, 0) is 0 Å². The highest BCUT2D eigenvalue weighted by molar-refractivity contribution is 5.01. The highest BCUT2D eigenvalue weighted by Gasteiger charge is 2.74. The van der Waals surface area contributed by atoms with Crippen LogP contribution >= 0.6 is 0 Å². The van der Waals surface area contributed by atoms with Gasteiger partial charge < -0.3 is 10.2 Å². The van der Waals surface area contributed by atoms with Gasteiger partial charge in [-0.15, -0.1) is 0 Å². The van der Waals surface area contributed by atoms with Gasteiger partial charge in [0.15, 0.2) is 0 Å². The van der Waals surface area contributed by atoms with Gasteiger partial charge in [0.25, 0.3) is 5.60 Å². The van der Waals surface area contributed by atoms with Crippen molar-refractivity contribution in [3.63, 3.8) is 0 Å². The molecule has 0 unspecified atom stereocenters. The van der Waals surface area contributed by atoms with E-state index in [4.69, 9.17) is 0 Å². The van der Waals surface area contributed by atoms with E-state index in [1.807, 2.05) is 0 Å². The predicted molar refractivity (Wildman–Crippen MR) is 72.7 cm³/mol. The zero-order valence-corrected chi connectivity index (χ0v) is 12.9. The van der Waals surface area contributed by atoms with Crippen LogP contribution in [0.1, 0.15) is 64.2 Å². The zero-order valence-electron chi connectivity index (χ0n) is 12.9. The topological polar surface area (TPSA) is 40.5 Å². The summed E-state index contributed by atoms with van der Waals surface area (Å²) in [5.41, 5.74) is -4.87. The lowest BCUT2D eigenvalue weighted by atomic mass is 9.76. The van der Waals surface area contributed by atoms with Crippen LogP contribution in [0.2, 0.25) is 0 Å². The molecule has 1 saturated carbocycles. The quantitative estimate of drug-likeness (QED) is 0.671. The van der Waals surface area contributed by atoms with E-state index in [0.717, 1.165) is 25.7 Å². The average Bonchev–Trinajstić information content (AvgIpc) is 2.39. The Balaban J connectivity index is 3.06. The van der Waals surface area contributed by atoms with Gasteiger partial charge in [-0.05, 0) is 12.8 Å². The first-order chi connectivity index (χ1) is 10.5. The molecule has 0 radical (unpaired) electrons. The Bertz CT molecular complexity index is 339. The molecule has 1 aliphatic carbocycles. The molecule has 0 spiro atoms. The minimum Gasteiger partial charge on any atom is -0.393 e. The second-order valence-corrected chi connectivity index (χ2v) is 6.34. The summed E-state index contributed by atoms with van der Waals surface area (Å²) in [6.07, 6.45) is -9.18. The lowest BCUT2D eigenvalue weighted by Gasteiger charge is -2.41. The average molecular weight is 350 g/mol. The minimum atomic E-state index is -5.88. The Hall–Kier alpha value is -0.500. The summed E-state index contributed by atoms with van der Waals surface area (Å²) >= 11 is 0. The van der Waals surface area contributed by atoms with Gasteiger partial charge >= 0.3 is 12.4 Å². The van der Waals surface area contributed by atoms with Crippen LogP contribution in [0.3, 0.4) is 0 Å². The standard InChI is InChI=1S/C15H24F6O2/c16-14(17,18)13(23,15(19,20)21)11-9-7-5-3-1-2-4-6-8-10-12(11)22/h11-12,22-23H,1-10H2/t11-,12+/m1/s1. The Morgan fingerprint density at radius 3 is 1.35 bits per heavy atom. The van der Waals surface area contributed by atoms with Crippen LogP contribution in [0.25, 0.3) is 0 Å². The second-order valence-electron chi connectivity index (χ2n) is 6.34. The number of hydrogen-bond donors (Lipinski definition) is 2. The monoisotopic (exact) mass is 350 g/mol. The van der Waals surface area contributed by atoms with Gasteiger partial charge in [-0.2, -0.15) is 26.3 Å². The maximum Gasteiger partial charge on any atom is 0.426 e. The summed E-state index contributed by atoms with van der Waals surface area (Å²) in [5, 5.41) is 19.5. The Labute approximate surface area is 131 Å². The first-order valence-corrected chi connectivity index (χ1v) is 8.05. The molecule has 2 atom stereocenters. The summed E-state index contributed by atoms with van der Waals surface area (Å²) in [5.74, 6) is -2.29. The van der Waals surface area contributed by atoms with Gasteiger partial charge in [0.1, 0.15) is 0 Å². The van der Waals surface area contributed by atoms with Gasteiger partial charge in [0, 0.05) is 5.92 Å². The van der Waals surface area contributed by atoms with E-state index in [2.05, 4.69) is 0 Å². The number of aliphatic hydroxyl groups excluding tert-OH is 1. The van der Waals surface area contributed by atoms with Crippen molar-refractivity contribution in [3.8, 4) is 0 Å². The van der Waals surface area contributed by atoms with E-state index in [1.54, 1.807) is 0 Å². The zero-order chi connectivity index (χ0) is 17.7. The molecule has 1 aliphatic rings. The van der Waals surface area contributed by atoms with Crippen molar-refractivity contribution < 1.29 is 36.6 Å². The van der Waals surface area contributed by atoms with Crippen LogP contribution in [0.15, 0.2) is 0 Å². The Morgan fingerprint density at radius 2 is 0.957 bits per heavy atom. The SMILES string of the molecule is O[C@H]1CCCCCCCCCC[C@H]1C(O)(C(F)(F)F)C(F)(F)F. The fourth-order valence-corrected chi connectivity index (χ4v) is 3.24. The third-order valence-corrected chi connectivity index (χ3v) is 4.63. The van der Waals surface area contributed by atoms with Crippen LogP contribution in [0.4, 0.5) is 26.3 Å². The maximum absolute atomic E-state index is 13.0. The maximum atomic E-state index is 13.0. The second kappa shape index (κ2) is 8.05. The fraction of sp³-hybridized carbons (Fsp3) is 1.00. The fourth-order valence-electron chi connectivity index (χ4n) is 3.24. The van der Waals surface area contributed by atoms with E-state index in [9.17, 15) is 36.6 Å². The minimum absolute atomic E-state index is 0.121. The number of hydrogen-bond acceptors (Lipinski definition) is 2. The van der Waals surface area contributed by atoms with Crippen molar-refractivity contribution >= 4 is 0 Å². The highest BCUT2D eigenvalue weighted by atomic mass is 19.4. The van der Waals surface area contributed by atoms with E-state index in [0.29, 0.717) is 19.3 Å². The predicted octanol–water partition coefficient (Wildman–Crippen LogP) is 4.73. The van der Waals surface area contributed by atoms with E-state index < -0.39 is 36.4 Å². The van der Waals surface area contributed by atoms with Crippen LogP contribution in [0.5, 0.6) is 0 Å². The molecule has 0 saturated heterocycles. The normalized spacial score (nSPS) is 27.1. The van der Waals surface area contributed by atoms with Crippen molar-refractivity contribution in [2.45, 2.75) is 88.3 Å². The van der Waals surface area contributed by atoms with E-state index in [-0.39, 0.29) is 12.8 Å². The van der Waals surface area contributed by atoms with E-state index in [1.165, 1.54) is 0 Å². The third kappa shape index (κ3) is 4.98. The summed E-state index contributed by atoms with van der Waals surface area (Å²) in [7, 11) is 0. The summed E-state index contributed by atoms with van der Waals surface area (Å²) in [6.45, 7) is 0. The summed E-state index contributed by atoms with van der Waals surface area (Å²) in [4.78, 5) is 0. The smallest absolute Gasteiger partial charge is 0.393 e. The molecule has 1 fully saturated rings. The van der Waals surface area contributed by atoms with Crippen molar-refractivity contribution in [1.82, 2.24) is 0 Å². The van der Waals surface area contributed by atoms with Gasteiger partial charge in [-0.1, -0.05) is 51.4 Å². The molecule has 8 heteroatoms. The molecule has 138 valence electrons. The third-order valence-electron chi connectivity index (χ3n) is 4.63. The first kappa shape index (κ1) is 20.5. The molecular weight excluding hydrogens is 326 g/mol. The van der Waals surface area contributed by atoms with Crippen LogP contribution < -0.4 is 0 Å². The Morgan fingerprint density at radius 1 is 0.609 bits per heavy atom. The molecule has 2 nitrogen and oxygen atoms in total. The molecule has 0 aromatic rings. The molecule has 23 heavy (non-hydrogen) atoms. The summed E-state index contributed by atoms with van der Waals surface area (Å²) < 4.78 is 78.2. The lowest BCUT2D eigenvalue weighted by Crippen LogP contribution is -2.64. The van der Waals surface area contributed by atoms with Crippen molar-refractivity contribution in [2.75, 3.05) is 0 Å². The number of rotatable bonds is 1. The first-order valence-electron chi connectivity index (χ1n) is 8.05. The molecule has 0 aromatic carbocycles. The van der Waals surface area contributed by atoms with E-state index >= 15 is 0 Å². The largest absolute Gasteiger partial charge is 0.426 e. The van der Waals surface area contributed by atoms with Gasteiger partial charge in [-0.25, -0.2) is 0 Å². The van der Waals surface area contributed by atoms with Crippen LogP contribution in [0, 0.1) is 5.92 Å². The molecule has 1 rings (SSSR count). The molecule has 2 N–H and O–H groups in total. The summed E-state index contributed by atoms with van der Waals surface area (Å²) in [6, 6.07) is 0. The molecule has 0 bridgehead atoms. The van der Waals surface area contributed by atoms with Gasteiger partial charge in [0.05, 0.1) is 6.10 Å². The van der Waals surface area contributed by atoms with Crippen molar-refractivity contribution in [1.29, 1.82) is 0 Å². The molecule has 0 aliphatic heterocycles. The highest BCUT2D eigenvalue weighted by Crippen LogP contribution is 2.50. The molecule has 0 amide bonds. The molecule has 0 aromatic heterocycles. The lowest BCUT2D eigenvalue weighted by molar-refractivity contribution is -0.392. The van der Waals surface area contributed by atoms with Gasteiger partial charge in [-0.3, -0.25) is 0 Å². The van der Waals surface area contributed by atoms with Crippen molar-refractivity contribution in [2.24, 2.45) is 5.92 Å². The number of alkyl halides is 6.